The van der Waals surface area contributed by atoms with Crippen LogP contribution in [0.3, 0.4) is 0 Å². The minimum absolute atomic E-state index is 0.503. The fourth-order valence-corrected chi connectivity index (χ4v) is 2.36. The average molecular weight is 217 g/mol. The van der Waals surface area contributed by atoms with Crippen molar-refractivity contribution in [3.8, 4) is 0 Å². The monoisotopic (exact) mass is 217 g/mol. The van der Waals surface area contributed by atoms with Crippen molar-refractivity contribution in [3.05, 3.63) is 23.9 Å². The van der Waals surface area contributed by atoms with Crippen LogP contribution in [0.25, 0.3) is 0 Å². The lowest BCUT2D eigenvalue weighted by atomic mass is 9.98. The van der Waals surface area contributed by atoms with E-state index >= 15 is 0 Å². The summed E-state index contributed by atoms with van der Waals surface area (Å²) in [5.41, 5.74) is 1.36. The Morgan fingerprint density at radius 2 is 2.19 bits per heavy atom. The molecule has 1 aromatic heterocycles. The first-order valence-electron chi connectivity index (χ1n) is 6.38. The molecule has 1 saturated heterocycles. The third-order valence-electron chi connectivity index (χ3n) is 3.44. The molecule has 1 aromatic rings. The molecule has 1 saturated carbocycles. The molecule has 0 amide bonds. The number of pyridine rings is 1. The molecule has 86 valence electrons. The third kappa shape index (κ3) is 2.19. The van der Waals surface area contributed by atoms with E-state index in [0.717, 1.165) is 12.4 Å². The zero-order valence-corrected chi connectivity index (χ0v) is 9.58. The molecule has 0 aromatic carbocycles. The number of anilines is 1. The minimum Gasteiger partial charge on any atom is -0.367 e. The standard InChI is InChI=1S/C13H19N3/c1-2-8-14-12(5-1)11-4-3-9-15-13(11)16-10-6-7-10/h3-4,9-10,12,14H,1-2,5-8H2,(H,15,16)/t12-/m1/s1. The Balaban J connectivity index is 1.79. The minimum atomic E-state index is 0.503. The highest BCUT2D eigenvalue weighted by molar-refractivity contribution is 5.47. The van der Waals surface area contributed by atoms with Crippen LogP contribution in [0.2, 0.25) is 0 Å². The summed E-state index contributed by atoms with van der Waals surface area (Å²) in [6.45, 7) is 1.14. The first-order chi connectivity index (χ1) is 7.93. The zero-order chi connectivity index (χ0) is 10.8. The molecule has 1 aliphatic carbocycles. The molecule has 16 heavy (non-hydrogen) atoms. The first-order valence-corrected chi connectivity index (χ1v) is 6.38. The Morgan fingerprint density at radius 1 is 1.25 bits per heavy atom. The lowest BCUT2D eigenvalue weighted by Gasteiger charge is -2.25. The van der Waals surface area contributed by atoms with Gasteiger partial charge in [-0.3, -0.25) is 0 Å². The van der Waals surface area contributed by atoms with E-state index in [2.05, 4.69) is 21.7 Å². The van der Waals surface area contributed by atoms with Gasteiger partial charge in [0.2, 0.25) is 0 Å². The predicted octanol–water partition coefficient (Wildman–Crippen LogP) is 2.47. The number of hydrogen-bond acceptors (Lipinski definition) is 3. The van der Waals surface area contributed by atoms with E-state index < -0.39 is 0 Å². The molecule has 2 heterocycles. The number of hydrogen-bond donors (Lipinski definition) is 2. The SMILES string of the molecule is c1cnc(NC2CC2)c([C@H]2CCCCN2)c1. The highest BCUT2D eigenvalue weighted by Gasteiger charge is 2.24. The van der Waals surface area contributed by atoms with Crippen LogP contribution in [0.15, 0.2) is 18.3 Å². The van der Waals surface area contributed by atoms with Crippen LogP contribution in [0.1, 0.15) is 43.7 Å². The molecule has 0 bridgehead atoms. The van der Waals surface area contributed by atoms with Crippen LogP contribution < -0.4 is 10.6 Å². The van der Waals surface area contributed by atoms with Crippen molar-refractivity contribution in [2.75, 3.05) is 11.9 Å². The number of piperidine rings is 1. The lowest BCUT2D eigenvalue weighted by Crippen LogP contribution is -2.27. The van der Waals surface area contributed by atoms with Crippen molar-refractivity contribution in [1.82, 2.24) is 10.3 Å². The molecule has 0 spiro atoms. The molecular weight excluding hydrogens is 198 g/mol. The molecule has 1 aliphatic heterocycles. The van der Waals surface area contributed by atoms with Gasteiger partial charge in [0.05, 0.1) is 0 Å². The maximum Gasteiger partial charge on any atom is 0.130 e. The summed E-state index contributed by atoms with van der Waals surface area (Å²) in [7, 11) is 0. The summed E-state index contributed by atoms with van der Waals surface area (Å²) < 4.78 is 0. The number of nitrogens with zero attached hydrogens (tertiary/aromatic N) is 1. The molecule has 0 unspecified atom stereocenters. The fraction of sp³-hybridized carbons (Fsp3) is 0.615. The normalized spacial score (nSPS) is 25.4. The van der Waals surface area contributed by atoms with E-state index in [1.165, 1.54) is 37.7 Å². The summed E-state index contributed by atoms with van der Waals surface area (Å²) in [5.74, 6) is 1.10. The van der Waals surface area contributed by atoms with E-state index in [4.69, 9.17) is 0 Å². The second-order valence-corrected chi connectivity index (χ2v) is 4.86. The Bertz CT molecular complexity index is 354. The molecule has 3 rings (SSSR count). The fourth-order valence-electron chi connectivity index (χ4n) is 2.36. The van der Waals surface area contributed by atoms with Gasteiger partial charge in [0.25, 0.3) is 0 Å². The molecule has 3 nitrogen and oxygen atoms in total. The second-order valence-electron chi connectivity index (χ2n) is 4.86. The number of rotatable bonds is 3. The summed E-state index contributed by atoms with van der Waals surface area (Å²) in [6, 6.07) is 5.44. The van der Waals surface area contributed by atoms with Crippen LogP contribution in [-0.4, -0.2) is 17.6 Å². The molecule has 1 atom stereocenters. The predicted molar refractivity (Wildman–Crippen MR) is 65.5 cm³/mol. The molecule has 2 N–H and O–H groups in total. The van der Waals surface area contributed by atoms with Gasteiger partial charge in [0.1, 0.15) is 5.82 Å². The van der Waals surface area contributed by atoms with Crippen molar-refractivity contribution >= 4 is 5.82 Å². The highest BCUT2D eigenvalue weighted by Crippen LogP contribution is 2.31. The topological polar surface area (TPSA) is 37.0 Å². The summed E-state index contributed by atoms with van der Waals surface area (Å²) >= 11 is 0. The largest absolute Gasteiger partial charge is 0.367 e. The molecule has 2 aliphatic rings. The van der Waals surface area contributed by atoms with Crippen molar-refractivity contribution in [2.24, 2.45) is 0 Å². The van der Waals surface area contributed by atoms with Crippen LogP contribution in [0.4, 0.5) is 5.82 Å². The molecule has 3 heteroatoms. The van der Waals surface area contributed by atoms with Crippen LogP contribution in [-0.2, 0) is 0 Å². The summed E-state index contributed by atoms with van der Waals surface area (Å²) in [6.07, 6.45) is 8.36. The van der Waals surface area contributed by atoms with Gasteiger partial charge < -0.3 is 10.6 Å². The lowest BCUT2D eigenvalue weighted by molar-refractivity contribution is 0.412. The molecule has 0 radical (unpaired) electrons. The maximum absolute atomic E-state index is 4.48. The smallest absolute Gasteiger partial charge is 0.130 e. The second kappa shape index (κ2) is 4.42. The van der Waals surface area contributed by atoms with Gasteiger partial charge in [-0.05, 0) is 38.3 Å². The molecule has 2 fully saturated rings. The third-order valence-corrected chi connectivity index (χ3v) is 3.44. The van der Waals surface area contributed by atoms with Crippen LogP contribution in [0.5, 0.6) is 0 Å². The average Bonchev–Trinajstić information content (AvgIpc) is 3.15. The number of aromatic nitrogens is 1. The van der Waals surface area contributed by atoms with E-state index in [1.807, 2.05) is 12.3 Å². The van der Waals surface area contributed by atoms with E-state index in [1.54, 1.807) is 0 Å². The van der Waals surface area contributed by atoms with Gasteiger partial charge in [-0.2, -0.15) is 0 Å². The van der Waals surface area contributed by atoms with E-state index in [0.29, 0.717) is 12.1 Å². The van der Waals surface area contributed by atoms with Gasteiger partial charge in [0.15, 0.2) is 0 Å². The van der Waals surface area contributed by atoms with Crippen molar-refractivity contribution in [1.29, 1.82) is 0 Å². The Hall–Kier alpha value is -1.09. The number of nitrogens with one attached hydrogen (secondary N) is 2. The Morgan fingerprint density at radius 3 is 2.94 bits per heavy atom. The Kier molecular flexibility index (Phi) is 2.79. The van der Waals surface area contributed by atoms with Crippen LogP contribution >= 0.6 is 0 Å². The van der Waals surface area contributed by atoms with Crippen LogP contribution in [0, 0.1) is 0 Å². The quantitative estimate of drug-likeness (QED) is 0.816. The van der Waals surface area contributed by atoms with Gasteiger partial charge in [-0.15, -0.1) is 0 Å². The van der Waals surface area contributed by atoms with Gasteiger partial charge in [-0.1, -0.05) is 12.5 Å². The van der Waals surface area contributed by atoms with Crippen molar-refractivity contribution in [2.45, 2.75) is 44.2 Å². The van der Waals surface area contributed by atoms with E-state index in [9.17, 15) is 0 Å². The van der Waals surface area contributed by atoms with Gasteiger partial charge in [0, 0.05) is 23.8 Å². The maximum atomic E-state index is 4.48. The zero-order valence-electron chi connectivity index (χ0n) is 9.58. The summed E-state index contributed by atoms with van der Waals surface area (Å²) in [4.78, 5) is 4.48. The van der Waals surface area contributed by atoms with Gasteiger partial charge in [-0.25, -0.2) is 4.98 Å². The Labute approximate surface area is 96.7 Å². The van der Waals surface area contributed by atoms with Crippen molar-refractivity contribution < 1.29 is 0 Å². The summed E-state index contributed by atoms with van der Waals surface area (Å²) in [5, 5.41) is 7.12. The van der Waals surface area contributed by atoms with Gasteiger partial charge >= 0.3 is 0 Å². The first kappa shape index (κ1) is 10.1. The van der Waals surface area contributed by atoms with Crippen molar-refractivity contribution in [3.63, 3.8) is 0 Å². The molecular formula is C13H19N3. The van der Waals surface area contributed by atoms with E-state index in [-0.39, 0.29) is 0 Å². The highest BCUT2D eigenvalue weighted by atomic mass is 15.0.